The Balaban J connectivity index is 2.60. The maximum absolute atomic E-state index is 5.07. The SMILES string of the molecule is C#CCNc1ccc(C)cn1. The van der Waals surface area contributed by atoms with E-state index in [9.17, 15) is 0 Å². The number of aryl methyl sites for hydroxylation is 1. The number of nitrogens with zero attached hydrogens (tertiary/aromatic N) is 1. The van der Waals surface area contributed by atoms with E-state index in [1.165, 1.54) is 0 Å². The van der Waals surface area contributed by atoms with Crippen LogP contribution in [0.25, 0.3) is 0 Å². The Hall–Kier alpha value is -1.49. The Labute approximate surface area is 66.7 Å². The molecule has 1 rings (SSSR count). The van der Waals surface area contributed by atoms with E-state index in [1.807, 2.05) is 19.1 Å². The standard InChI is InChI=1S/C9H10N2/c1-3-6-10-9-5-4-8(2)7-11-9/h1,4-5,7H,6H2,2H3,(H,10,11). The molecule has 0 spiro atoms. The van der Waals surface area contributed by atoms with Gasteiger partial charge < -0.3 is 5.32 Å². The fourth-order valence-electron chi connectivity index (χ4n) is 0.714. The Morgan fingerprint density at radius 3 is 3.00 bits per heavy atom. The number of anilines is 1. The molecule has 1 heterocycles. The van der Waals surface area contributed by atoms with Gasteiger partial charge in [0.05, 0.1) is 6.54 Å². The number of hydrogen-bond donors (Lipinski definition) is 1. The van der Waals surface area contributed by atoms with Crippen LogP contribution in [0.2, 0.25) is 0 Å². The van der Waals surface area contributed by atoms with Crippen LogP contribution in [0.1, 0.15) is 5.56 Å². The molecule has 0 bridgehead atoms. The Bertz CT molecular complexity index is 256. The zero-order chi connectivity index (χ0) is 8.10. The molecule has 0 radical (unpaired) electrons. The van der Waals surface area contributed by atoms with Crippen LogP contribution in [0.3, 0.4) is 0 Å². The van der Waals surface area contributed by atoms with E-state index in [2.05, 4.69) is 16.2 Å². The topological polar surface area (TPSA) is 24.9 Å². The molecule has 1 N–H and O–H groups in total. The van der Waals surface area contributed by atoms with Gasteiger partial charge in [-0.25, -0.2) is 4.98 Å². The van der Waals surface area contributed by atoms with E-state index >= 15 is 0 Å². The zero-order valence-electron chi connectivity index (χ0n) is 6.46. The summed E-state index contributed by atoms with van der Waals surface area (Å²) >= 11 is 0. The third-order valence-electron chi connectivity index (χ3n) is 1.28. The average molecular weight is 146 g/mol. The number of nitrogens with one attached hydrogen (secondary N) is 1. The van der Waals surface area contributed by atoms with E-state index < -0.39 is 0 Å². The van der Waals surface area contributed by atoms with Crippen molar-refractivity contribution in [2.75, 3.05) is 11.9 Å². The van der Waals surface area contributed by atoms with Gasteiger partial charge in [-0.1, -0.05) is 12.0 Å². The smallest absolute Gasteiger partial charge is 0.126 e. The van der Waals surface area contributed by atoms with Crippen LogP contribution >= 0.6 is 0 Å². The van der Waals surface area contributed by atoms with Gasteiger partial charge in [0.25, 0.3) is 0 Å². The normalized spacial score (nSPS) is 8.73. The molecule has 0 aliphatic rings. The highest BCUT2D eigenvalue weighted by Crippen LogP contribution is 2.02. The minimum Gasteiger partial charge on any atom is -0.359 e. The number of terminal acetylenes is 1. The second-order valence-corrected chi connectivity index (χ2v) is 2.28. The first-order valence-corrected chi connectivity index (χ1v) is 3.43. The third-order valence-corrected chi connectivity index (χ3v) is 1.28. The van der Waals surface area contributed by atoms with Gasteiger partial charge in [0.2, 0.25) is 0 Å². The Kier molecular flexibility index (Phi) is 2.51. The molecule has 2 heteroatoms. The van der Waals surface area contributed by atoms with E-state index in [0.29, 0.717) is 6.54 Å². The maximum Gasteiger partial charge on any atom is 0.126 e. The molecule has 0 aliphatic carbocycles. The largest absolute Gasteiger partial charge is 0.359 e. The summed E-state index contributed by atoms with van der Waals surface area (Å²) in [6.45, 7) is 2.52. The minimum absolute atomic E-state index is 0.524. The number of hydrogen-bond acceptors (Lipinski definition) is 2. The maximum atomic E-state index is 5.07. The monoisotopic (exact) mass is 146 g/mol. The van der Waals surface area contributed by atoms with Gasteiger partial charge in [-0.15, -0.1) is 6.42 Å². The van der Waals surface area contributed by atoms with Gasteiger partial charge >= 0.3 is 0 Å². The summed E-state index contributed by atoms with van der Waals surface area (Å²) in [6.07, 6.45) is 6.87. The molecule has 1 aromatic heterocycles. The van der Waals surface area contributed by atoms with Crippen LogP contribution in [0.15, 0.2) is 18.3 Å². The lowest BCUT2D eigenvalue weighted by atomic mass is 10.3. The van der Waals surface area contributed by atoms with Crippen LogP contribution in [-0.4, -0.2) is 11.5 Å². The molecule has 0 fully saturated rings. The van der Waals surface area contributed by atoms with E-state index in [4.69, 9.17) is 6.42 Å². The van der Waals surface area contributed by atoms with Gasteiger partial charge in [0.1, 0.15) is 5.82 Å². The molecule has 0 saturated heterocycles. The Morgan fingerprint density at radius 1 is 1.64 bits per heavy atom. The predicted molar refractivity (Wildman–Crippen MR) is 46.3 cm³/mol. The fourth-order valence-corrected chi connectivity index (χ4v) is 0.714. The molecule has 2 nitrogen and oxygen atoms in total. The molecule has 0 saturated carbocycles. The van der Waals surface area contributed by atoms with Gasteiger partial charge in [-0.2, -0.15) is 0 Å². The fraction of sp³-hybridized carbons (Fsp3) is 0.222. The molecule has 0 aromatic carbocycles. The number of aromatic nitrogens is 1. The van der Waals surface area contributed by atoms with Crippen molar-refractivity contribution in [3.63, 3.8) is 0 Å². The summed E-state index contributed by atoms with van der Waals surface area (Å²) < 4.78 is 0. The van der Waals surface area contributed by atoms with Crippen LogP contribution in [0, 0.1) is 19.3 Å². The number of rotatable bonds is 2. The van der Waals surface area contributed by atoms with E-state index in [1.54, 1.807) is 6.20 Å². The third kappa shape index (κ3) is 2.30. The zero-order valence-corrected chi connectivity index (χ0v) is 6.46. The highest BCUT2D eigenvalue weighted by Gasteiger charge is 1.88. The summed E-state index contributed by atoms with van der Waals surface area (Å²) in [5, 5.41) is 2.97. The molecule has 0 aliphatic heterocycles. The van der Waals surface area contributed by atoms with Crippen molar-refractivity contribution in [1.82, 2.24) is 4.98 Å². The second-order valence-electron chi connectivity index (χ2n) is 2.28. The van der Waals surface area contributed by atoms with Crippen molar-refractivity contribution in [3.05, 3.63) is 23.9 Å². The van der Waals surface area contributed by atoms with E-state index in [0.717, 1.165) is 11.4 Å². The van der Waals surface area contributed by atoms with Crippen molar-refractivity contribution < 1.29 is 0 Å². The van der Waals surface area contributed by atoms with E-state index in [-0.39, 0.29) is 0 Å². The summed E-state index contributed by atoms with van der Waals surface area (Å²) in [6, 6.07) is 3.90. The van der Waals surface area contributed by atoms with Gasteiger partial charge in [0, 0.05) is 6.20 Å². The molecule has 0 atom stereocenters. The van der Waals surface area contributed by atoms with Crippen molar-refractivity contribution in [1.29, 1.82) is 0 Å². The van der Waals surface area contributed by atoms with Crippen molar-refractivity contribution >= 4 is 5.82 Å². The van der Waals surface area contributed by atoms with Crippen LogP contribution < -0.4 is 5.32 Å². The minimum atomic E-state index is 0.524. The second kappa shape index (κ2) is 3.62. The lowest BCUT2D eigenvalue weighted by Crippen LogP contribution is -1.99. The lowest BCUT2D eigenvalue weighted by Gasteiger charge is -1.99. The molecule has 0 amide bonds. The van der Waals surface area contributed by atoms with Crippen molar-refractivity contribution in [2.45, 2.75) is 6.92 Å². The molecular formula is C9H10N2. The summed E-state index contributed by atoms with van der Waals surface area (Å²) in [7, 11) is 0. The van der Waals surface area contributed by atoms with Crippen molar-refractivity contribution in [3.8, 4) is 12.3 Å². The van der Waals surface area contributed by atoms with Crippen LogP contribution in [0.5, 0.6) is 0 Å². The molecule has 11 heavy (non-hydrogen) atoms. The highest BCUT2D eigenvalue weighted by molar-refractivity contribution is 5.36. The summed E-state index contributed by atoms with van der Waals surface area (Å²) in [5.74, 6) is 3.31. The summed E-state index contributed by atoms with van der Waals surface area (Å²) in [5.41, 5.74) is 1.15. The molecular weight excluding hydrogens is 136 g/mol. The molecule has 56 valence electrons. The quantitative estimate of drug-likeness (QED) is 0.638. The first-order valence-electron chi connectivity index (χ1n) is 3.43. The van der Waals surface area contributed by atoms with Crippen LogP contribution in [0.4, 0.5) is 5.82 Å². The number of pyridine rings is 1. The van der Waals surface area contributed by atoms with Crippen LogP contribution in [-0.2, 0) is 0 Å². The first kappa shape index (κ1) is 7.62. The van der Waals surface area contributed by atoms with Gasteiger partial charge in [-0.05, 0) is 18.6 Å². The van der Waals surface area contributed by atoms with Crippen molar-refractivity contribution in [2.24, 2.45) is 0 Å². The summed E-state index contributed by atoms with van der Waals surface area (Å²) in [4.78, 5) is 4.11. The Morgan fingerprint density at radius 2 is 2.45 bits per heavy atom. The molecule has 1 aromatic rings. The highest BCUT2D eigenvalue weighted by atomic mass is 15.0. The first-order chi connectivity index (χ1) is 5.33. The predicted octanol–water partition coefficient (Wildman–Crippen LogP) is 1.44. The van der Waals surface area contributed by atoms with Gasteiger partial charge in [0.15, 0.2) is 0 Å². The average Bonchev–Trinajstić information content (AvgIpc) is 2.04. The molecule has 0 unspecified atom stereocenters. The lowest BCUT2D eigenvalue weighted by molar-refractivity contribution is 1.22. The van der Waals surface area contributed by atoms with Gasteiger partial charge in [-0.3, -0.25) is 0 Å².